The van der Waals surface area contributed by atoms with Crippen LogP contribution in [0.4, 0.5) is 0 Å². The minimum absolute atomic E-state index is 0.0811. The normalized spacial score (nSPS) is 12.1. The largest absolute Gasteiger partial charge is 0.469 e. The molecule has 0 saturated carbocycles. The Hall–Kier alpha value is -2.67. The van der Waals surface area contributed by atoms with Crippen LogP contribution in [0.1, 0.15) is 33.4 Å². The first-order chi connectivity index (χ1) is 12.0. The zero-order valence-electron chi connectivity index (χ0n) is 14.3. The summed E-state index contributed by atoms with van der Waals surface area (Å²) in [5, 5.41) is 8.26. The molecule has 1 N–H and O–H groups in total. The lowest BCUT2D eigenvalue weighted by atomic mass is 10.0. The molecule has 25 heavy (non-hydrogen) atoms. The maximum Gasteiger partial charge on any atom is 0.307 e. The van der Waals surface area contributed by atoms with Gasteiger partial charge in [0.15, 0.2) is 0 Å². The Kier molecular flexibility index (Phi) is 4.85. The summed E-state index contributed by atoms with van der Waals surface area (Å²) in [5.74, 6) is -0.580. The lowest BCUT2D eigenvalue weighted by molar-refractivity contribution is -0.141. The van der Waals surface area contributed by atoms with Gasteiger partial charge >= 0.3 is 5.97 Å². The molecular weight excluding hydrogens is 338 g/mol. The van der Waals surface area contributed by atoms with Crippen LogP contribution in [0.15, 0.2) is 36.4 Å². The number of thiophene rings is 1. The fourth-order valence-electron chi connectivity index (χ4n) is 2.73. The first-order valence-corrected chi connectivity index (χ1v) is 8.67. The second kappa shape index (κ2) is 7.06. The average molecular weight is 357 g/mol. The molecule has 7 heteroatoms. The maximum absolute atomic E-state index is 12.7. The third kappa shape index (κ3) is 3.56. The first kappa shape index (κ1) is 17.2. The van der Waals surface area contributed by atoms with E-state index in [4.69, 9.17) is 4.74 Å². The number of nitrogens with zero attached hydrogens (tertiary/aromatic N) is 2. The molecule has 130 valence electrons. The van der Waals surface area contributed by atoms with E-state index in [1.165, 1.54) is 18.4 Å². The van der Waals surface area contributed by atoms with Crippen LogP contribution >= 0.6 is 11.3 Å². The van der Waals surface area contributed by atoms with Gasteiger partial charge in [-0.1, -0.05) is 30.3 Å². The Balaban J connectivity index is 1.85. The van der Waals surface area contributed by atoms with Crippen LogP contribution in [-0.2, 0) is 16.6 Å². The van der Waals surface area contributed by atoms with E-state index < -0.39 is 6.04 Å². The summed E-state index contributed by atoms with van der Waals surface area (Å²) in [7, 11) is 3.20. The molecular formula is C18H19N3O3S. The number of hydrogen-bond donors (Lipinski definition) is 1. The second-order valence-corrected chi connectivity index (χ2v) is 6.79. The first-order valence-electron chi connectivity index (χ1n) is 7.85. The van der Waals surface area contributed by atoms with Gasteiger partial charge in [-0.15, -0.1) is 11.3 Å². The monoisotopic (exact) mass is 357 g/mol. The molecule has 1 atom stereocenters. The zero-order chi connectivity index (χ0) is 18.0. The van der Waals surface area contributed by atoms with E-state index in [1.807, 2.05) is 50.4 Å². The van der Waals surface area contributed by atoms with Gasteiger partial charge in [0, 0.05) is 12.4 Å². The number of carbonyl (C=O) groups excluding carboxylic acids is 2. The second-order valence-electron chi connectivity index (χ2n) is 5.76. The SMILES string of the molecule is COC(=O)C[C@H](NC(=O)c1cc2c(C)nn(C)c2s1)c1ccccc1. The van der Waals surface area contributed by atoms with Gasteiger partial charge in [0.2, 0.25) is 0 Å². The van der Waals surface area contributed by atoms with Gasteiger partial charge in [0.25, 0.3) is 5.91 Å². The summed E-state index contributed by atoms with van der Waals surface area (Å²) >= 11 is 1.39. The van der Waals surface area contributed by atoms with Crippen LogP contribution in [0.3, 0.4) is 0 Å². The molecule has 3 rings (SSSR count). The fourth-order valence-corrected chi connectivity index (χ4v) is 3.76. The molecule has 0 aliphatic heterocycles. The van der Waals surface area contributed by atoms with E-state index in [0.29, 0.717) is 4.88 Å². The van der Waals surface area contributed by atoms with Crippen molar-refractivity contribution >= 4 is 33.4 Å². The number of methoxy groups -OCH3 is 1. The predicted molar refractivity (Wildman–Crippen MR) is 96.6 cm³/mol. The van der Waals surface area contributed by atoms with Crippen molar-refractivity contribution in [2.24, 2.45) is 7.05 Å². The molecule has 0 aliphatic rings. The van der Waals surface area contributed by atoms with Gasteiger partial charge in [-0.05, 0) is 18.6 Å². The molecule has 2 aromatic heterocycles. The number of benzene rings is 1. The number of carbonyl (C=O) groups is 2. The van der Waals surface area contributed by atoms with Gasteiger partial charge in [0.05, 0.1) is 30.1 Å². The Labute approximate surface area is 149 Å². The summed E-state index contributed by atoms with van der Waals surface area (Å²) in [6.07, 6.45) is 0.0811. The van der Waals surface area contributed by atoms with Crippen molar-refractivity contribution < 1.29 is 14.3 Å². The van der Waals surface area contributed by atoms with Crippen molar-refractivity contribution in [2.45, 2.75) is 19.4 Å². The van der Waals surface area contributed by atoms with Crippen LogP contribution in [-0.4, -0.2) is 28.8 Å². The number of amides is 1. The minimum Gasteiger partial charge on any atom is -0.469 e. The van der Waals surface area contributed by atoms with Crippen molar-refractivity contribution in [1.29, 1.82) is 0 Å². The van der Waals surface area contributed by atoms with Crippen molar-refractivity contribution in [2.75, 3.05) is 7.11 Å². The molecule has 0 radical (unpaired) electrons. The number of fused-ring (bicyclic) bond motifs is 1. The summed E-state index contributed by atoms with van der Waals surface area (Å²) < 4.78 is 6.53. The molecule has 6 nitrogen and oxygen atoms in total. The Morgan fingerprint density at radius 2 is 2.04 bits per heavy atom. The molecule has 0 unspecified atom stereocenters. The van der Waals surface area contributed by atoms with Crippen molar-refractivity contribution in [3.8, 4) is 0 Å². The fraction of sp³-hybridized carbons (Fsp3) is 0.278. The smallest absolute Gasteiger partial charge is 0.307 e. The van der Waals surface area contributed by atoms with Crippen LogP contribution in [0, 0.1) is 6.92 Å². The molecule has 3 aromatic rings. The maximum atomic E-state index is 12.7. The zero-order valence-corrected chi connectivity index (χ0v) is 15.1. The van der Waals surface area contributed by atoms with E-state index in [2.05, 4.69) is 10.4 Å². The summed E-state index contributed by atoms with van der Waals surface area (Å²) in [6, 6.07) is 10.8. The molecule has 1 aromatic carbocycles. The highest BCUT2D eigenvalue weighted by Crippen LogP contribution is 2.28. The number of nitrogens with one attached hydrogen (secondary N) is 1. The molecule has 0 fully saturated rings. The summed E-state index contributed by atoms with van der Waals surface area (Å²) in [4.78, 5) is 26.0. The number of aromatic nitrogens is 2. The van der Waals surface area contributed by atoms with E-state index >= 15 is 0 Å². The number of aryl methyl sites for hydroxylation is 2. The van der Waals surface area contributed by atoms with E-state index in [1.54, 1.807) is 4.68 Å². The third-order valence-corrected chi connectivity index (χ3v) is 5.23. The van der Waals surface area contributed by atoms with Crippen LogP contribution in [0.2, 0.25) is 0 Å². The van der Waals surface area contributed by atoms with E-state index in [9.17, 15) is 9.59 Å². The Bertz CT molecular complexity index is 880. The number of esters is 1. The minimum atomic E-state index is -0.439. The number of ether oxygens (including phenoxy) is 1. The molecule has 2 heterocycles. The molecule has 0 spiro atoms. The van der Waals surface area contributed by atoms with Crippen molar-refractivity contribution in [1.82, 2.24) is 15.1 Å². The Morgan fingerprint density at radius 1 is 1.32 bits per heavy atom. The van der Waals surface area contributed by atoms with Gasteiger partial charge < -0.3 is 10.1 Å². The summed E-state index contributed by atoms with van der Waals surface area (Å²) in [6.45, 7) is 1.92. The van der Waals surface area contributed by atoms with Crippen molar-refractivity contribution in [3.05, 3.63) is 52.5 Å². The van der Waals surface area contributed by atoms with Crippen LogP contribution in [0.25, 0.3) is 10.2 Å². The molecule has 0 bridgehead atoms. The van der Waals surface area contributed by atoms with E-state index in [0.717, 1.165) is 21.5 Å². The van der Waals surface area contributed by atoms with Gasteiger partial charge in [0.1, 0.15) is 4.83 Å². The molecule has 1 amide bonds. The van der Waals surface area contributed by atoms with Crippen molar-refractivity contribution in [3.63, 3.8) is 0 Å². The van der Waals surface area contributed by atoms with Crippen LogP contribution in [0.5, 0.6) is 0 Å². The Morgan fingerprint density at radius 3 is 2.68 bits per heavy atom. The van der Waals surface area contributed by atoms with Gasteiger partial charge in [-0.2, -0.15) is 5.10 Å². The number of hydrogen-bond acceptors (Lipinski definition) is 5. The van der Waals surface area contributed by atoms with Gasteiger partial charge in [-0.25, -0.2) is 0 Å². The standard InChI is InChI=1S/C18H19N3O3S/c1-11-13-9-15(25-18(13)21(2)20-11)17(23)19-14(10-16(22)24-3)12-7-5-4-6-8-12/h4-9,14H,10H2,1-3H3,(H,19,23)/t14-/m0/s1. The predicted octanol–water partition coefficient (Wildman–Crippen LogP) is 2.98. The molecule has 0 aliphatic carbocycles. The quantitative estimate of drug-likeness (QED) is 0.713. The molecule has 0 saturated heterocycles. The average Bonchev–Trinajstić information content (AvgIpc) is 3.17. The summed E-state index contributed by atoms with van der Waals surface area (Å²) in [5.41, 5.74) is 1.75. The lowest BCUT2D eigenvalue weighted by Gasteiger charge is -2.17. The van der Waals surface area contributed by atoms with Crippen LogP contribution < -0.4 is 5.32 Å². The topological polar surface area (TPSA) is 73.2 Å². The lowest BCUT2D eigenvalue weighted by Crippen LogP contribution is -2.30. The highest BCUT2D eigenvalue weighted by atomic mass is 32.1. The highest BCUT2D eigenvalue weighted by molar-refractivity contribution is 7.20. The highest BCUT2D eigenvalue weighted by Gasteiger charge is 2.21. The number of rotatable bonds is 5. The van der Waals surface area contributed by atoms with E-state index in [-0.39, 0.29) is 18.3 Å². The van der Waals surface area contributed by atoms with Gasteiger partial charge in [-0.3, -0.25) is 14.3 Å². The third-order valence-electron chi connectivity index (χ3n) is 4.03.